The summed E-state index contributed by atoms with van der Waals surface area (Å²) in [5, 5.41) is 0. The normalized spacial score (nSPS) is 10.9. The largest absolute Gasteiger partial charge is 0.421 e. The predicted molar refractivity (Wildman–Crippen MR) is 81.3 cm³/mol. The lowest BCUT2D eigenvalue weighted by molar-refractivity contribution is 0.410. The van der Waals surface area contributed by atoms with Crippen molar-refractivity contribution in [2.24, 2.45) is 0 Å². The highest BCUT2D eigenvalue weighted by Gasteiger charge is 2.09. The first-order valence-corrected chi connectivity index (χ1v) is 13.0. The minimum atomic E-state index is -1.13. The fourth-order valence-corrected chi connectivity index (χ4v) is 0. The molecule has 0 aliphatic carbocycles. The van der Waals surface area contributed by atoms with E-state index in [1.54, 1.807) is 14.2 Å². The maximum Gasteiger partial charge on any atom is 0.183 e. The van der Waals surface area contributed by atoms with Crippen LogP contribution in [0.1, 0.15) is 26.7 Å². The van der Waals surface area contributed by atoms with Crippen molar-refractivity contribution >= 4 is 16.6 Å². The molecule has 2 nitrogen and oxygen atoms in total. The summed E-state index contributed by atoms with van der Waals surface area (Å²) < 4.78 is 10.2. The molecule has 0 N–H and O–H groups in total. The molecule has 0 unspecified atom stereocenters. The molecule has 0 fully saturated rings. The molecule has 16 heavy (non-hydrogen) atoms. The summed E-state index contributed by atoms with van der Waals surface area (Å²) in [5.41, 5.74) is 0. The van der Waals surface area contributed by atoms with Gasteiger partial charge in [0.25, 0.3) is 0 Å². The van der Waals surface area contributed by atoms with Gasteiger partial charge in [-0.1, -0.05) is 26.7 Å². The van der Waals surface area contributed by atoms with Crippen molar-refractivity contribution in [3.63, 3.8) is 0 Å². The van der Waals surface area contributed by atoms with Crippen molar-refractivity contribution in [2.75, 3.05) is 14.2 Å². The standard InChI is InChI=1S/2C4H12OSi.C4H10/c2*1-5-6(2,3)4;1-3-4-2/h2*1-4H3;3-4H2,1-2H3. The van der Waals surface area contributed by atoms with Crippen LogP contribution in [0, 0.1) is 0 Å². The molecular weight excluding hydrogens is 232 g/mol. The Morgan fingerprint density at radius 1 is 0.625 bits per heavy atom. The fourth-order valence-electron chi connectivity index (χ4n) is 0. The molecule has 4 heteroatoms. The Bertz CT molecular complexity index is 110. The Kier molecular flexibility index (Phi) is 16.0. The highest BCUT2D eigenvalue weighted by molar-refractivity contribution is 6.70. The van der Waals surface area contributed by atoms with Gasteiger partial charge in [-0.2, -0.15) is 0 Å². The van der Waals surface area contributed by atoms with Gasteiger partial charge in [0.05, 0.1) is 0 Å². The predicted octanol–water partition coefficient (Wildman–Crippen LogP) is 4.74. The Balaban J connectivity index is -0.000000162. The molecule has 102 valence electrons. The maximum atomic E-state index is 5.08. The summed E-state index contributed by atoms with van der Waals surface area (Å²) in [6, 6.07) is 0. The first-order chi connectivity index (χ1) is 7.04. The van der Waals surface area contributed by atoms with Gasteiger partial charge in [0.2, 0.25) is 0 Å². The second kappa shape index (κ2) is 11.8. The van der Waals surface area contributed by atoms with Crippen LogP contribution in [0.15, 0.2) is 0 Å². The molecule has 0 aliphatic heterocycles. The topological polar surface area (TPSA) is 18.5 Å². The molecule has 0 aromatic rings. The average molecular weight is 267 g/mol. The maximum absolute atomic E-state index is 5.08. The van der Waals surface area contributed by atoms with Crippen molar-refractivity contribution in [1.29, 1.82) is 0 Å². The molecule has 0 saturated carbocycles. The van der Waals surface area contributed by atoms with E-state index >= 15 is 0 Å². The molecular formula is C12H34O2Si2. The first kappa shape index (κ1) is 21.6. The average Bonchev–Trinajstić information content (AvgIpc) is 2.17. The molecule has 0 atom stereocenters. The molecule has 0 aromatic carbocycles. The van der Waals surface area contributed by atoms with Gasteiger partial charge in [-0.05, 0) is 39.3 Å². The molecule has 0 spiro atoms. The molecule has 0 heterocycles. The summed E-state index contributed by atoms with van der Waals surface area (Å²) in [6.45, 7) is 17.3. The highest BCUT2D eigenvalue weighted by atomic mass is 28.4. The fraction of sp³-hybridized carbons (Fsp3) is 1.00. The third-order valence-corrected chi connectivity index (χ3v) is 4.17. The monoisotopic (exact) mass is 266 g/mol. The van der Waals surface area contributed by atoms with E-state index in [2.05, 4.69) is 53.1 Å². The van der Waals surface area contributed by atoms with Gasteiger partial charge in [0, 0.05) is 14.2 Å². The molecule has 0 bridgehead atoms. The summed E-state index contributed by atoms with van der Waals surface area (Å²) in [4.78, 5) is 0. The van der Waals surface area contributed by atoms with Crippen molar-refractivity contribution in [2.45, 2.75) is 66.0 Å². The minimum Gasteiger partial charge on any atom is -0.421 e. The molecule has 0 rings (SSSR count). The van der Waals surface area contributed by atoms with Crippen LogP contribution in [0.3, 0.4) is 0 Å². The lowest BCUT2D eigenvalue weighted by Crippen LogP contribution is -2.22. The van der Waals surface area contributed by atoms with Crippen LogP contribution < -0.4 is 0 Å². The smallest absolute Gasteiger partial charge is 0.183 e. The van der Waals surface area contributed by atoms with Gasteiger partial charge >= 0.3 is 0 Å². The van der Waals surface area contributed by atoms with Gasteiger partial charge in [-0.15, -0.1) is 0 Å². The van der Waals surface area contributed by atoms with Crippen LogP contribution in [0.5, 0.6) is 0 Å². The highest BCUT2D eigenvalue weighted by Crippen LogP contribution is 1.97. The lowest BCUT2D eigenvalue weighted by Gasteiger charge is -2.10. The summed E-state index contributed by atoms with van der Waals surface area (Å²) in [7, 11) is 1.28. The Morgan fingerprint density at radius 2 is 0.750 bits per heavy atom. The number of rotatable bonds is 3. The van der Waals surface area contributed by atoms with Crippen molar-refractivity contribution < 1.29 is 8.85 Å². The second-order valence-corrected chi connectivity index (χ2v) is 14.9. The van der Waals surface area contributed by atoms with Gasteiger partial charge in [-0.3, -0.25) is 0 Å². The Labute approximate surface area is 106 Å². The van der Waals surface area contributed by atoms with Gasteiger partial charge in [0.1, 0.15) is 0 Å². The summed E-state index contributed by atoms with van der Waals surface area (Å²) >= 11 is 0. The second-order valence-electron chi connectivity index (χ2n) is 5.63. The minimum absolute atomic E-state index is 1.13. The van der Waals surface area contributed by atoms with Gasteiger partial charge in [0.15, 0.2) is 16.6 Å². The SMILES string of the molecule is CCCC.CO[Si](C)(C)C.CO[Si](C)(C)C. The quantitative estimate of drug-likeness (QED) is 0.687. The van der Waals surface area contributed by atoms with E-state index in [4.69, 9.17) is 8.85 Å². The molecule has 0 aliphatic rings. The van der Waals surface area contributed by atoms with E-state index < -0.39 is 16.6 Å². The Hall–Kier alpha value is 0.354. The zero-order valence-corrected chi connectivity index (χ0v) is 15.2. The Morgan fingerprint density at radius 3 is 0.750 bits per heavy atom. The van der Waals surface area contributed by atoms with Crippen molar-refractivity contribution in [3.05, 3.63) is 0 Å². The third-order valence-electron chi connectivity index (χ3n) is 1.72. The van der Waals surface area contributed by atoms with E-state index in [0.29, 0.717) is 0 Å². The van der Waals surface area contributed by atoms with Gasteiger partial charge in [-0.25, -0.2) is 0 Å². The summed E-state index contributed by atoms with van der Waals surface area (Å²) in [6.07, 6.45) is 2.64. The van der Waals surface area contributed by atoms with E-state index in [-0.39, 0.29) is 0 Å². The zero-order valence-electron chi connectivity index (χ0n) is 13.2. The van der Waals surface area contributed by atoms with Crippen LogP contribution in [-0.2, 0) is 8.85 Å². The first-order valence-electron chi connectivity index (χ1n) is 6.14. The molecule has 0 aromatic heterocycles. The zero-order chi connectivity index (χ0) is 13.8. The number of unbranched alkanes of at least 4 members (excludes halogenated alkanes) is 1. The van der Waals surface area contributed by atoms with E-state index in [1.165, 1.54) is 12.8 Å². The summed E-state index contributed by atoms with van der Waals surface area (Å²) in [5.74, 6) is 0. The van der Waals surface area contributed by atoms with Crippen LogP contribution in [0.25, 0.3) is 0 Å². The van der Waals surface area contributed by atoms with E-state index in [0.717, 1.165) is 0 Å². The van der Waals surface area contributed by atoms with Crippen LogP contribution in [0.4, 0.5) is 0 Å². The molecule has 0 saturated heterocycles. The number of hydrogen-bond acceptors (Lipinski definition) is 2. The van der Waals surface area contributed by atoms with Crippen LogP contribution >= 0.6 is 0 Å². The van der Waals surface area contributed by atoms with Gasteiger partial charge < -0.3 is 8.85 Å². The lowest BCUT2D eigenvalue weighted by atomic mass is 10.4. The van der Waals surface area contributed by atoms with Crippen LogP contribution in [0.2, 0.25) is 39.3 Å². The van der Waals surface area contributed by atoms with E-state index in [1.807, 2.05) is 0 Å². The molecule has 0 amide bonds. The van der Waals surface area contributed by atoms with Crippen molar-refractivity contribution in [1.82, 2.24) is 0 Å². The molecule has 0 radical (unpaired) electrons. The van der Waals surface area contributed by atoms with Crippen molar-refractivity contribution in [3.8, 4) is 0 Å². The van der Waals surface area contributed by atoms with Crippen LogP contribution in [-0.4, -0.2) is 30.9 Å². The van der Waals surface area contributed by atoms with E-state index in [9.17, 15) is 0 Å². The third kappa shape index (κ3) is 47.3. The number of hydrogen-bond donors (Lipinski definition) is 0.